The standard InChI is InChI=1S/C12H18N2O3S/c1-9(2)13-18(16,17)11-7-5-6-10(8-11)12(15)14(3)4/h5-9,13H,1-4H3. The summed E-state index contributed by atoms with van der Waals surface area (Å²) in [5.41, 5.74) is 0.353. The molecule has 100 valence electrons. The molecule has 1 rings (SSSR count). The van der Waals surface area contributed by atoms with Gasteiger partial charge in [-0.25, -0.2) is 13.1 Å². The Balaban J connectivity index is 3.13. The second-order valence-corrected chi connectivity index (χ2v) is 6.22. The van der Waals surface area contributed by atoms with Crippen molar-refractivity contribution >= 4 is 15.9 Å². The van der Waals surface area contributed by atoms with Crippen molar-refractivity contribution in [3.63, 3.8) is 0 Å². The Morgan fingerprint density at radius 2 is 1.89 bits per heavy atom. The van der Waals surface area contributed by atoms with E-state index in [1.807, 2.05) is 0 Å². The lowest BCUT2D eigenvalue weighted by Gasteiger charge is -2.13. The Bertz CT molecular complexity index is 536. The molecule has 0 unspecified atom stereocenters. The highest BCUT2D eigenvalue weighted by molar-refractivity contribution is 7.89. The molecule has 1 aromatic rings. The first-order valence-electron chi connectivity index (χ1n) is 5.58. The predicted octanol–water partition coefficient (Wildman–Crippen LogP) is 1.08. The summed E-state index contributed by atoms with van der Waals surface area (Å²) in [5, 5.41) is 0. The third kappa shape index (κ3) is 3.54. The van der Waals surface area contributed by atoms with Crippen molar-refractivity contribution in [2.45, 2.75) is 24.8 Å². The van der Waals surface area contributed by atoms with Gasteiger partial charge in [-0.2, -0.15) is 0 Å². The van der Waals surface area contributed by atoms with Crippen molar-refractivity contribution in [3.8, 4) is 0 Å². The fraction of sp³-hybridized carbons (Fsp3) is 0.417. The lowest BCUT2D eigenvalue weighted by Crippen LogP contribution is -2.30. The number of amides is 1. The molecule has 6 heteroatoms. The van der Waals surface area contributed by atoms with E-state index in [1.165, 1.54) is 17.0 Å². The number of hydrogen-bond donors (Lipinski definition) is 1. The molecule has 0 spiro atoms. The van der Waals surface area contributed by atoms with Crippen LogP contribution in [0.3, 0.4) is 0 Å². The maximum atomic E-state index is 12.0. The summed E-state index contributed by atoms with van der Waals surface area (Å²) in [6.45, 7) is 3.48. The van der Waals surface area contributed by atoms with E-state index in [0.717, 1.165) is 0 Å². The van der Waals surface area contributed by atoms with Crippen molar-refractivity contribution < 1.29 is 13.2 Å². The van der Waals surface area contributed by atoms with Crippen molar-refractivity contribution in [3.05, 3.63) is 29.8 Å². The molecular formula is C12H18N2O3S. The van der Waals surface area contributed by atoms with Crippen LogP contribution in [0.1, 0.15) is 24.2 Å². The molecule has 0 bridgehead atoms. The molecule has 1 aromatic carbocycles. The predicted molar refractivity (Wildman–Crippen MR) is 69.9 cm³/mol. The van der Waals surface area contributed by atoms with E-state index in [2.05, 4.69) is 4.72 Å². The molecule has 1 amide bonds. The van der Waals surface area contributed by atoms with Gasteiger partial charge in [-0.15, -0.1) is 0 Å². The van der Waals surface area contributed by atoms with Crippen molar-refractivity contribution in [2.75, 3.05) is 14.1 Å². The number of carbonyl (C=O) groups is 1. The highest BCUT2D eigenvalue weighted by Crippen LogP contribution is 2.13. The second-order valence-electron chi connectivity index (χ2n) is 4.50. The van der Waals surface area contributed by atoms with Gasteiger partial charge in [-0.1, -0.05) is 6.07 Å². The van der Waals surface area contributed by atoms with Crippen LogP contribution in [0.2, 0.25) is 0 Å². The highest BCUT2D eigenvalue weighted by Gasteiger charge is 2.17. The third-order valence-corrected chi connectivity index (χ3v) is 3.84. The normalized spacial score (nSPS) is 11.6. The number of nitrogens with zero attached hydrogens (tertiary/aromatic N) is 1. The minimum absolute atomic E-state index is 0.101. The van der Waals surface area contributed by atoms with E-state index in [4.69, 9.17) is 0 Å². The fourth-order valence-corrected chi connectivity index (χ4v) is 2.73. The maximum absolute atomic E-state index is 12.0. The Morgan fingerprint density at radius 1 is 1.28 bits per heavy atom. The van der Waals surface area contributed by atoms with Crippen LogP contribution in [-0.2, 0) is 10.0 Å². The largest absolute Gasteiger partial charge is 0.345 e. The zero-order chi connectivity index (χ0) is 13.9. The van der Waals surface area contributed by atoms with Crippen LogP contribution in [0.5, 0.6) is 0 Å². The molecule has 0 atom stereocenters. The fourth-order valence-electron chi connectivity index (χ4n) is 1.43. The second kappa shape index (κ2) is 5.49. The number of nitrogens with one attached hydrogen (secondary N) is 1. The summed E-state index contributed by atoms with van der Waals surface area (Å²) < 4.78 is 26.4. The Labute approximate surface area is 108 Å². The molecule has 0 aliphatic heterocycles. The minimum Gasteiger partial charge on any atom is -0.345 e. The van der Waals surface area contributed by atoms with E-state index in [1.54, 1.807) is 40.1 Å². The number of sulfonamides is 1. The smallest absolute Gasteiger partial charge is 0.253 e. The monoisotopic (exact) mass is 270 g/mol. The minimum atomic E-state index is -3.56. The highest BCUT2D eigenvalue weighted by atomic mass is 32.2. The first-order chi connectivity index (χ1) is 8.24. The van der Waals surface area contributed by atoms with Crippen molar-refractivity contribution in [2.24, 2.45) is 0 Å². The number of carbonyl (C=O) groups excluding carboxylic acids is 1. The van der Waals surface area contributed by atoms with Gasteiger partial charge in [0.15, 0.2) is 0 Å². The number of hydrogen-bond acceptors (Lipinski definition) is 3. The van der Waals surface area contributed by atoms with E-state index in [-0.39, 0.29) is 16.8 Å². The number of rotatable bonds is 4. The molecule has 0 fully saturated rings. The zero-order valence-electron chi connectivity index (χ0n) is 11.0. The van der Waals surface area contributed by atoms with E-state index < -0.39 is 10.0 Å². The van der Waals surface area contributed by atoms with E-state index >= 15 is 0 Å². The molecule has 1 N–H and O–H groups in total. The van der Waals surface area contributed by atoms with Crippen LogP contribution < -0.4 is 4.72 Å². The maximum Gasteiger partial charge on any atom is 0.253 e. The average molecular weight is 270 g/mol. The van der Waals surface area contributed by atoms with Gasteiger partial charge in [-0.3, -0.25) is 4.79 Å². The van der Waals surface area contributed by atoms with Gasteiger partial charge in [0.05, 0.1) is 4.90 Å². The summed E-state index contributed by atoms with van der Waals surface area (Å²) in [7, 11) is -0.320. The van der Waals surface area contributed by atoms with E-state index in [0.29, 0.717) is 5.56 Å². The van der Waals surface area contributed by atoms with Crippen LogP contribution in [0.15, 0.2) is 29.2 Å². The SMILES string of the molecule is CC(C)NS(=O)(=O)c1cccc(C(=O)N(C)C)c1. The van der Waals surface area contributed by atoms with Gasteiger partial charge in [0.2, 0.25) is 10.0 Å². The van der Waals surface area contributed by atoms with Crippen LogP contribution in [0.4, 0.5) is 0 Å². The topological polar surface area (TPSA) is 66.5 Å². The van der Waals surface area contributed by atoms with Gasteiger partial charge in [-0.05, 0) is 32.0 Å². The van der Waals surface area contributed by atoms with Gasteiger partial charge < -0.3 is 4.90 Å². The molecule has 18 heavy (non-hydrogen) atoms. The first kappa shape index (κ1) is 14.7. The van der Waals surface area contributed by atoms with Crippen LogP contribution in [0.25, 0.3) is 0 Å². The van der Waals surface area contributed by atoms with Gasteiger partial charge in [0.25, 0.3) is 5.91 Å². The first-order valence-corrected chi connectivity index (χ1v) is 7.06. The van der Waals surface area contributed by atoms with Gasteiger partial charge in [0.1, 0.15) is 0 Å². The third-order valence-electron chi connectivity index (χ3n) is 2.19. The summed E-state index contributed by atoms with van der Waals surface area (Å²) in [6, 6.07) is 5.82. The van der Waals surface area contributed by atoms with Gasteiger partial charge >= 0.3 is 0 Å². The average Bonchev–Trinajstić information content (AvgIpc) is 2.26. The summed E-state index contributed by atoms with van der Waals surface area (Å²) in [5.74, 6) is -0.225. The summed E-state index contributed by atoms with van der Waals surface area (Å²) in [6.07, 6.45) is 0. The van der Waals surface area contributed by atoms with E-state index in [9.17, 15) is 13.2 Å². The van der Waals surface area contributed by atoms with Crippen LogP contribution in [-0.4, -0.2) is 39.4 Å². The molecule has 0 radical (unpaired) electrons. The molecule has 0 saturated heterocycles. The zero-order valence-corrected chi connectivity index (χ0v) is 11.8. The van der Waals surface area contributed by atoms with Crippen LogP contribution in [0, 0.1) is 0 Å². The Hall–Kier alpha value is -1.40. The lowest BCUT2D eigenvalue weighted by molar-refractivity contribution is 0.0827. The van der Waals surface area contributed by atoms with Crippen LogP contribution >= 0.6 is 0 Å². The summed E-state index contributed by atoms with van der Waals surface area (Å²) >= 11 is 0. The quantitative estimate of drug-likeness (QED) is 0.890. The molecular weight excluding hydrogens is 252 g/mol. The Morgan fingerprint density at radius 3 is 2.39 bits per heavy atom. The van der Waals surface area contributed by atoms with Crippen molar-refractivity contribution in [1.29, 1.82) is 0 Å². The lowest BCUT2D eigenvalue weighted by atomic mass is 10.2. The Kier molecular flexibility index (Phi) is 4.48. The molecule has 5 nitrogen and oxygen atoms in total. The molecule has 0 heterocycles. The molecule has 0 aliphatic carbocycles. The van der Waals surface area contributed by atoms with Crippen molar-refractivity contribution in [1.82, 2.24) is 9.62 Å². The molecule has 0 aliphatic rings. The molecule has 0 saturated carbocycles. The van der Waals surface area contributed by atoms with Gasteiger partial charge in [0, 0.05) is 25.7 Å². The summed E-state index contributed by atoms with van der Waals surface area (Å²) in [4.78, 5) is 13.3. The number of benzene rings is 1. The molecule has 0 aromatic heterocycles.